The van der Waals surface area contributed by atoms with Crippen molar-refractivity contribution in [3.8, 4) is 0 Å². The van der Waals surface area contributed by atoms with Gasteiger partial charge in [0.15, 0.2) is 0 Å². The van der Waals surface area contributed by atoms with E-state index in [4.69, 9.17) is 0 Å². The van der Waals surface area contributed by atoms with Crippen LogP contribution in [-0.2, 0) is 11.2 Å². The Kier molecular flexibility index (Phi) is 8.82. The second kappa shape index (κ2) is 12.4. The number of H-pyrrole nitrogens is 2. The normalized spacial score (nSPS) is 12.2. The third-order valence-corrected chi connectivity index (χ3v) is 6.85. The first-order chi connectivity index (χ1) is 17.6. The molecule has 4 rings (SSSR count). The van der Waals surface area contributed by atoms with Gasteiger partial charge in [-0.15, -0.1) is 0 Å². The molecule has 0 radical (unpaired) electrons. The molecule has 2 aromatic carbocycles. The van der Waals surface area contributed by atoms with Crippen molar-refractivity contribution in [1.82, 2.24) is 20.2 Å². The molecule has 0 aliphatic heterocycles. The summed E-state index contributed by atoms with van der Waals surface area (Å²) in [6, 6.07) is 17.1. The van der Waals surface area contributed by atoms with Gasteiger partial charge >= 0.3 is 0 Å². The van der Waals surface area contributed by atoms with Gasteiger partial charge in [0, 0.05) is 47.5 Å². The zero-order valence-corrected chi connectivity index (χ0v) is 21.5. The number of carbonyl (C=O) groups is 2. The molecule has 0 bridgehead atoms. The number of hydrogen-bond donors (Lipinski definition) is 3. The molecule has 190 valence electrons. The minimum atomic E-state index is -0.647. The largest absolute Gasteiger partial charge is 0.361 e. The minimum Gasteiger partial charge on any atom is -0.361 e. The number of aromatic nitrogens is 2. The first-order valence-corrected chi connectivity index (χ1v) is 13.3. The Labute approximate surface area is 213 Å². The van der Waals surface area contributed by atoms with Crippen molar-refractivity contribution in [1.29, 1.82) is 0 Å². The highest BCUT2D eigenvalue weighted by Crippen LogP contribution is 2.21. The Bertz CT molecular complexity index is 1250. The van der Waals surface area contributed by atoms with Gasteiger partial charge in [-0.1, -0.05) is 75.9 Å². The summed E-state index contributed by atoms with van der Waals surface area (Å²) >= 11 is 0. The van der Waals surface area contributed by atoms with Crippen molar-refractivity contribution < 1.29 is 9.59 Å². The topological polar surface area (TPSA) is 81.0 Å². The second-order valence-corrected chi connectivity index (χ2v) is 9.60. The van der Waals surface area contributed by atoms with Gasteiger partial charge < -0.3 is 20.2 Å². The molecular formula is C30H38N4O2. The van der Waals surface area contributed by atoms with Crippen LogP contribution in [0.25, 0.3) is 21.8 Å². The van der Waals surface area contributed by atoms with Crippen LogP contribution >= 0.6 is 0 Å². The van der Waals surface area contributed by atoms with Gasteiger partial charge in [-0.3, -0.25) is 9.59 Å². The van der Waals surface area contributed by atoms with Crippen LogP contribution in [-0.4, -0.2) is 45.8 Å². The highest BCUT2D eigenvalue weighted by molar-refractivity contribution is 6.00. The summed E-state index contributed by atoms with van der Waals surface area (Å²) in [7, 11) is 0. The molecule has 2 aromatic heterocycles. The average molecular weight is 487 g/mol. The number of nitrogens with zero attached hydrogens (tertiary/aromatic N) is 1. The Morgan fingerprint density at radius 1 is 0.889 bits per heavy atom. The lowest BCUT2D eigenvalue weighted by molar-refractivity contribution is -0.133. The van der Waals surface area contributed by atoms with Crippen LogP contribution in [0.2, 0.25) is 0 Å². The molecule has 2 amide bonds. The molecule has 0 aliphatic carbocycles. The van der Waals surface area contributed by atoms with E-state index in [1.165, 1.54) is 0 Å². The molecule has 0 saturated carbocycles. The van der Waals surface area contributed by atoms with Crippen molar-refractivity contribution in [2.24, 2.45) is 0 Å². The summed E-state index contributed by atoms with van der Waals surface area (Å²) in [4.78, 5) is 35.7. The molecule has 6 heteroatoms. The first-order valence-electron chi connectivity index (χ1n) is 13.3. The molecule has 2 heterocycles. The molecule has 3 N–H and O–H groups in total. The molecular weight excluding hydrogens is 448 g/mol. The van der Waals surface area contributed by atoms with Crippen LogP contribution in [0.3, 0.4) is 0 Å². The van der Waals surface area contributed by atoms with E-state index in [2.05, 4.69) is 35.2 Å². The Morgan fingerprint density at radius 2 is 1.56 bits per heavy atom. The third-order valence-electron chi connectivity index (χ3n) is 6.85. The average Bonchev–Trinajstić information content (AvgIpc) is 3.52. The maximum Gasteiger partial charge on any atom is 0.268 e. The molecule has 6 nitrogen and oxygen atoms in total. The number of rotatable bonds is 13. The zero-order valence-electron chi connectivity index (χ0n) is 21.5. The third kappa shape index (κ3) is 6.17. The van der Waals surface area contributed by atoms with Gasteiger partial charge in [0.05, 0.1) is 0 Å². The van der Waals surface area contributed by atoms with Crippen LogP contribution in [0, 0.1) is 0 Å². The van der Waals surface area contributed by atoms with E-state index in [0.717, 1.165) is 79.0 Å². The zero-order chi connectivity index (χ0) is 25.3. The predicted octanol–water partition coefficient (Wildman–Crippen LogP) is 6.20. The van der Waals surface area contributed by atoms with Crippen LogP contribution in [0.1, 0.15) is 68.4 Å². The van der Waals surface area contributed by atoms with E-state index < -0.39 is 6.04 Å². The van der Waals surface area contributed by atoms with Crippen LogP contribution in [0.15, 0.2) is 60.8 Å². The number of carbonyl (C=O) groups excluding carboxylic acids is 2. The van der Waals surface area contributed by atoms with Gasteiger partial charge in [0.1, 0.15) is 11.7 Å². The van der Waals surface area contributed by atoms with Crippen molar-refractivity contribution in [3.63, 3.8) is 0 Å². The van der Waals surface area contributed by atoms with Gasteiger partial charge in [0.2, 0.25) is 5.91 Å². The highest BCUT2D eigenvalue weighted by Gasteiger charge is 2.28. The van der Waals surface area contributed by atoms with Crippen molar-refractivity contribution in [2.75, 3.05) is 13.1 Å². The monoisotopic (exact) mass is 486 g/mol. The van der Waals surface area contributed by atoms with Gasteiger partial charge in [-0.25, -0.2) is 0 Å². The van der Waals surface area contributed by atoms with E-state index in [-0.39, 0.29) is 11.8 Å². The SMILES string of the molecule is CCCCCN(CCCCC)C(=O)[C@@H](Cc1c[nH]c2ccccc12)NC(=O)c1cc2ccccc2[nH]1. The predicted molar refractivity (Wildman–Crippen MR) is 147 cm³/mol. The fraction of sp³-hybridized carbons (Fsp3) is 0.400. The standard InChI is InChI=1S/C30H38N4O2/c1-3-5-11-17-34(18-12-6-4-2)30(36)28(20-23-21-31-26-16-10-8-14-24(23)26)33-29(35)27-19-22-13-7-9-15-25(22)32-27/h7-10,13-16,19,21,28,31-32H,3-6,11-12,17-18,20H2,1-2H3,(H,33,35)/t28-/m1/s1. The van der Waals surface area contributed by atoms with E-state index in [1.807, 2.05) is 59.6 Å². The number of hydrogen-bond acceptors (Lipinski definition) is 2. The molecule has 1 atom stereocenters. The Hall–Kier alpha value is -3.54. The Morgan fingerprint density at radius 3 is 2.25 bits per heavy atom. The summed E-state index contributed by atoms with van der Waals surface area (Å²) in [5, 5.41) is 5.14. The number of nitrogens with one attached hydrogen (secondary N) is 3. The van der Waals surface area contributed by atoms with Gasteiger partial charge in [-0.05, 0) is 36.6 Å². The van der Waals surface area contributed by atoms with Crippen molar-refractivity contribution >= 4 is 33.6 Å². The second-order valence-electron chi connectivity index (χ2n) is 9.60. The molecule has 36 heavy (non-hydrogen) atoms. The quantitative estimate of drug-likeness (QED) is 0.197. The lowest BCUT2D eigenvalue weighted by Gasteiger charge is -2.28. The molecule has 0 unspecified atom stereocenters. The summed E-state index contributed by atoms with van der Waals surface area (Å²) in [6.45, 7) is 5.79. The fourth-order valence-corrected chi connectivity index (χ4v) is 4.81. The molecule has 4 aromatic rings. The summed E-state index contributed by atoms with van der Waals surface area (Å²) in [6.07, 6.45) is 8.73. The van der Waals surface area contributed by atoms with Crippen LogP contribution in [0.5, 0.6) is 0 Å². The van der Waals surface area contributed by atoms with E-state index in [9.17, 15) is 9.59 Å². The number of benzene rings is 2. The Balaban J connectivity index is 1.59. The van der Waals surface area contributed by atoms with E-state index in [1.54, 1.807) is 0 Å². The first kappa shape index (κ1) is 25.5. The summed E-state index contributed by atoms with van der Waals surface area (Å²) in [5.41, 5.74) is 3.44. The smallest absolute Gasteiger partial charge is 0.268 e. The molecule has 0 saturated heterocycles. The summed E-state index contributed by atoms with van der Waals surface area (Å²) in [5.74, 6) is -0.261. The highest BCUT2D eigenvalue weighted by atomic mass is 16.2. The maximum absolute atomic E-state index is 13.9. The van der Waals surface area contributed by atoms with Crippen LogP contribution in [0.4, 0.5) is 0 Å². The van der Waals surface area contributed by atoms with E-state index in [0.29, 0.717) is 12.1 Å². The number of unbranched alkanes of at least 4 members (excludes halogenated alkanes) is 4. The lowest BCUT2D eigenvalue weighted by Crippen LogP contribution is -2.50. The number of fused-ring (bicyclic) bond motifs is 2. The number of aromatic amines is 2. The molecule has 0 spiro atoms. The van der Waals surface area contributed by atoms with E-state index >= 15 is 0 Å². The lowest BCUT2D eigenvalue weighted by atomic mass is 10.0. The fourth-order valence-electron chi connectivity index (χ4n) is 4.81. The van der Waals surface area contributed by atoms with Crippen LogP contribution < -0.4 is 5.32 Å². The van der Waals surface area contributed by atoms with Crippen molar-refractivity contribution in [2.45, 2.75) is 64.8 Å². The number of amides is 2. The molecule has 0 aliphatic rings. The minimum absolute atomic E-state index is 0.00283. The van der Waals surface area contributed by atoms with Gasteiger partial charge in [0.25, 0.3) is 5.91 Å². The summed E-state index contributed by atoms with van der Waals surface area (Å²) < 4.78 is 0. The maximum atomic E-state index is 13.9. The molecule has 0 fully saturated rings. The number of para-hydroxylation sites is 2. The van der Waals surface area contributed by atoms with Gasteiger partial charge in [-0.2, -0.15) is 0 Å². The van der Waals surface area contributed by atoms with Crippen molar-refractivity contribution in [3.05, 3.63) is 72.1 Å².